The lowest BCUT2D eigenvalue weighted by Gasteiger charge is -2.26. The Labute approximate surface area is 136 Å². The van der Waals surface area contributed by atoms with Crippen molar-refractivity contribution in [2.24, 2.45) is 0 Å². The lowest BCUT2D eigenvalue weighted by molar-refractivity contribution is 0.0924. The van der Waals surface area contributed by atoms with Gasteiger partial charge in [-0.25, -0.2) is 0 Å². The average Bonchev–Trinajstić information content (AvgIpc) is 3.33. The molecule has 1 fully saturated rings. The van der Waals surface area contributed by atoms with Gasteiger partial charge in [0.2, 0.25) is 0 Å². The fraction of sp³-hybridized carbons (Fsp3) is 0.421. The van der Waals surface area contributed by atoms with E-state index < -0.39 is 0 Å². The van der Waals surface area contributed by atoms with Crippen molar-refractivity contribution in [3.8, 4) is 5.75 Å². The standard InChI is InChI=1S/C19H22N2O2/c1-12-11-16(13(2)21(12)14-7-8-14)19(22)20-17-9-10-23-18-6-4-3-5-15(17)18/h3-6,11,14,17H,7-10H2,1-2H3,(H,20,22)/t17-/m0/s1. The number of carbonyl (C=O) groups excluding carboxylic acids is 1. The number of hydrogen-bond donors (Lipinski definition) is 1. The maximum absolute atomic E-state index is 12.8. The Morgan fingerprint density at radius 2 is 2.00 bits per heavy atom. The van der Waals surface area contributed by atoms with Crippen LogP contribution in [0, 0.1) is 13.8 Å². The number of nitrogens with one attached hydrogen (secondary N) is 1. The smallest absolute Gasteiger partial charge is 0.253 e. The van der Waals surface area contributed by atoms with Gasteiger partial charge in [0.15, 0.2) is 0 Å². The number of fused-ring (bicyclic) bond motifs is 1. The van der Waals surface area contributed by atoms with E-state index in [9.17, 15) is 4.79 Å². The van der Waals surface area contributed by atoms with Gasteiger partial charge >= 0.3 is 0 Å². The monoisotopic (exact) mass is 310 g/mol. The van der Waals surface area contributed by atoms with E-state index in [2.05, 4.69) is 23.7 Å². The number of hydrogen-bond acceptors (Lipinski definition) is 2. The van der Waals surface area contributed by atoms with Gasteiger partial charge in [-0.05, 0) is 38.8 Å². The quantitative estimate of drug-likeness (QED) is 0.939. The molecule has 1 aliphatic heterocycles. The van der Waals surface area contributed by atoms with Crippen LogP contribution in [0.4, 0.5) is 0 Å². The minimum Gasteiger partial charge on any atom is -0.493 e. The predicted molar refractivity (Wildman–Crippen MR) is 88.9 cm³/mol. The number of benzene rings is 1. The maximum atomic E-state index is 12.8. The molecule has 1 aliphatic carbocycles. The van der Waals surface area contributed by atoms with Crippen LogP contribution in [0.15, 0.2) is 30.3 Å². The highest BCUT2D eigenvalue weighted by molar-refractivity contribution is 5.96. The van der Waals surface area contributed by atoms with E-state index in [1.807, 2.05) is 30.3 Å². The van der Waals surface area contributed by atoms with Crippen molar-refractivity contribution in [1.29, 1.82) is 0 Å². The number of para-hydroxylation sites is 1. The molecule has 0 saturated heterocycles. The number of aryl methyl sites for hydroxylation is 1. The summed E-state index contributed by atoms with van der Waals surface area (Å²) in [6.07, 6.45) is 3.26. The number of nitrogens with zero attached hydrogens (tertiary/aromatic N) is 1. The van der Waals surface area contributed by atoms with Gasteiger partial charge in [-0.2, -0.15) is 0 Å². The summed E-state index contributed by atoms with van der Waals surface area (Å²) in [7, 11) is 0. The van der Waals surface area contributed by atoms with Gasteiger partial charge in [0.05, 0.1) is 18.2 Å². The van der Waals surface area contributed by atoms with Crippen LogP contribution >= 0.6 is 0 Å². The Hall–Kier alpha value is -2.23. The van der Waals surface area contributed by atoms with E-state index in [0.717, 1.165) is 29.0 Å². The zero-order valence-electron chi connectivity index (χ0n) is 13.6. The average molecular weight is 310 g/mol. The van der Waals surface area contributed by atoms with Crippen LogP contribution in [0.1, 0.15) is 58.7 Å². The van der Waals surface area contributed by atoms with Gasteiger partial charge in [-0.1, -0.05) is 18.2 Å². The topological polar surface area (TPSA) is 43.3 Å². The number of carbonyl (C=O) groups is 1. The second kappa shape index (κ2) is 5.44. The summed E-state index contributed by atoms with van der Waals surface area (Å²) in [5.74, 6) is 0.902. The Bertz CT molecular complexity index is 759. The maximum Gasteiger partial charge on any atom is 0.253 e. The number of ether oxygens (including phenoxy) is 1. The van der Waals surface area contributed by atoms with Gasteiger partial charge in [0.25, 0.3) is 5.91 Å². The highest BCUT2D eigenvalue weighted by atomic mass is 16.5. The van der Waals surface area contributed by atoms with Gasteiger partial charge in [-0.3, -0.25) is 4.79 Å². The second-order valence-electron chi connectivity index (χ2n) is 6.59. The van der Waals surface area contributed by atoms with E-state index in [-0.39, 0.29) is 11.9 Å². The summed E-state index contributed by atoms with van der Waals surface area (Å²) in [6.45, 7) is 4.78. The fourth-order valence-corrected chi connectivity index (χ4v) is 3.63. The molecular weight excluding hydrogens is 288 g/mol. The van der Waals surface area contributed by atoms with Crippen LogP contribution in [0.2, 0.25) is 0 Å². The molecule has 0 unspecified atom stereocenters. The highest BCUT2D eigenvalue weighted by Crippen LogP contribution is 2.38. The highest BCUT2D eigenvalue weighted by Gasteiger charge is 2.29. The third-order valence-corrected chi connectivity index (χ3v) is 4.90. The van der Waals surface area contributed by atoms with Crippen molar-refractivity contribution in [3.63, 3.8) is 0 Å². The molecule has 0 spiro atoms. The largest absolute Gasteiger partial charge is 0.493 e. The molecule has 2 aromatic rings. The lowest BCUT2D eigenvalue weighted by Crippen LogP contribution is -2.32. The molecular formula is C19H22N2O2. The third kappa shape index (κ3) is 2.52. The first-order valence-electron chi connectivity index (χ1n) is 8.36. The molecule has 0 radical (unpaired) electrons. The van der Waals surface area contributed by atoms with E-state index in [1.165, 1.54) is 18.5 Å². The van der Waals surface area contributed by atoms with Crippen LogP contribution in [-0.2, 0) is 0 Å². The zero-order valence-corrected chi connectivity index (χ0v) is 13.6. The van der Waals surface area contributed by atoms with E-state index in [0.29, 0.717) is 12.6 Å². The second-order valence-corrected chi connectivity index (χ2v) is 6.59. The summed E-state index contributed by atoms with van der Waals surface area (Å²) in [5, 5.41) is 3.20. The summed E-state index contributed by atoms with van der Waals surface area (Å²) in [5.41, 5.74) is 4.15. The van der Waals surface area contributed by atoms with Crippen molar-refractivity contribution in [1.82, 2.24) is 9.88 Å². The molecule has 120 valence electrons. The van der Waals surface area contributed by atoms with E-state index in [1.54, 1.807) is 0 Å². The molecule has 2 heterocycles. The van der Waals surface area contributed by atoms with Crippen LogP contribution in [0.5, 0.6) is 5.75 Å². The minimum absolute atomic E-state index is 0.0201. The first-order chi connectivity index (χ1) is 11.1. The molecule has 4 heteroatoms. The lowest BCUT2D eigenvalue weighted by atomic mass is 10.00. The van der Waals surface area contributed by atoms with E-state index >= 15 is 0 Å². The first kappa shape index (κ1) is 14.4. The molecule has 1 saturated carbocycles. The molecule has 1 amide bonds. The molecule has 1 aromatic heterocycles. The molecule has 4 nitrogen and oxygen atoms in total. The van der Waals surface area contributed by atoms with Crippen molar-refractivity contribution in [2.45, 2.75) is 45.2 Å². The minimum atomic E-state index is 0.0201. The summed E-state index contributed by atoms with van der Waals surface area (Å²) in [4.78, 5) is 12.8. The van der Waals surface area contributed by atoms with Crippen molar-refractivity contribution < 1.29 is 9.53 Å². The summed E-state index contributed by atoms with van der Waals surface area (Å²) < 4.78 is 7.98. The Morgan fingerprint density at radius 1 is 1.22 bits per heavy atom. The normalized spacial score (nSPS) is 19.8. The van der Waals surface area contributed by atoms with Crippen molar-refractivity contribution in [3.05, 3.63) is 52.8 Å². The van der Waals surface area contributed by atoms with E-state index in [4.69, 9.17) is 4.74 Å². The Kier molecular flexibility index (Phi) is 3.40. The van der Waals surface area contributed by atoms with Crippen LogP contribution < -0.4 is 10.1 Å². The molecule has 1 N–H and O–H groups in total. The van der Waals surface area contributed by atoms with Gasteiger partial charge in [-0.15, -0.1) is 0 Å². The van der Waals surface area contributed by atoms with Gasteiger partial charge in [0.1, 0.15) is 5.75 Å². The molecule has 1 aromatic carbocycles. The summed E-state index contributed by atoms with van der Waals surface area (Å²) >= 11 is 0. The van der Waals surface area contributed by atoms with Gasteiger partial charge in [0, 0.05) is 29.4 Å². The number of aromatic nitrogens is 1. The molecule has 2 aliphatic rings. The molecule has 1 atom stereocenters. The number of amides is 1. The van der Waals surface area contributed by atoms with Crippen LogP contribution in [-0.4, -0.2) is 17.1 Å². The zero-order chi connectivity index (χ0) is 16.0. The SMILES string of the molecule is Cc1cc(C(=O)N[C@H]2CCOc3ccccc32)c(C)n1C1CC1. The fourth-order valence-electron chi connectivity index (χ4n) is 3.63. The van der Waals surface area contributed by atoms with Crippen molar-refractivity contribution in [2.75, 3.05) is 6.61 Å². The van der Waals surface area contributed by atoms with Crippen LogP contribution in [0.3, 0.4) is 0 Å². The predicted octanol–water partition coefficient (Wildman–Crippen LogP) is 3.69. The summed E-state index contributed by atoms with van der Waals surface area (Å²) in [6, 6.07) is 10.6. The Morgan fingerprint density at radius 3 is 2.78 bits per heavy atom. The molecule has 4 rings (SSSR count). The molecule has 0 bridgehead atoms. The first-order valence-corrected chi connectivity index (χ1v) is 8.36. The number of rotatable bonds is 3. The molecule has 23 heavy (non-hydrogen) atoms. The van der Waals surface area contributed by atoms with Crippen LogP contribution in [0.25, 0.3) is 0 Å². The third-order valence-electron chi connectivity index (χ3n) is 4.90. The van der Waals surface area contributed by atoms with Crippen molar-refractivity contribution >= 4 is 5.91 Å². The Balaban J connectivity index is 1.58. The van der Waals surface area contributed by atoms with Gasteiger partial charge < -0.3 is 14.6 Å².